The second kappa shape index (κ2) is 9.05. The Morgan fingerprint density at radius 3 is 2.42 bits per heavy atom. The minimum Gasteiger partial charge on any atom is -0.337 e. The lowest BCUT2D eigenvalue weighted by atomic mass is 9.94. The smallest absolute Gasteiger partial charge is 0.237 e. The van der Waals surface area contributed by atoms with Crippen molar-refractivity contribution in [1.29, 1.82) is 0 Å². The maximum Gasteiger partial charge on any atom is 0.237 e. The van der Waals surface area contributed by atoms with Crippen LogP contribution in [0.3, 0.4) is 0 Å². The van der Waals surface area contributed by atoms with Crippen LogP contribution in [0.15, 0.2) is 48.5 Å². The van der Waals surface area contributed by atoms with E-state index in [-0.39, 0.29) is 12.2 Å². The predicted octanol–water partition coefficient (Wildman–Crippen LogP) is 5.48. The number of halogens is 1. The Labute approximate surface area is 188 Å². The first kappa shape index (κ1) is 21.9. The third-order valence-corrected chi connectivity index (χ3v) is 7.61. The van der Waals surface area contributed by atoms with Crippen LogP contribution in [0.2, 0.25) is 5.02 Å². The molecule has 0 unspecified atom stereocenters. The van der Waals surface area contributed by atoms with Gasteiger partial charge in [0.05, 0.1) is 17.9 Å². The van der Waals surface area contributed by atoms with Crippen molar-refractivity contribution < 1.29 is 13.2 Å². The van der Waals surface area contributed by atoms with Crippen molar-refractivity contribution in [2.75, 3.05) is 5.75 Å². The average Bonchev–Trinajstić information content (AvgIpc) is 3.08. The molecule has 1 heterocycles. The van der Waals surface area contributed by atoms with Crippen LogP contribution in [0.4, 0.5) is 0 Å². The van der Waals surface area contributed by atoms with Crippen molar-refractivity contribution in [3.05, 3.63) is 59.1 Å². The standard InChI is InChI=1S/C24H27ClN2O3S/c1-2-31(29,30)26-23(28)16-21-20-10-6-7-11-22(20)27(19-8-4-3-5-9-19)24(21)17-12-14-18(25)15-13-17/h6-7,10-15,19H,2-5,8-9,16H2,1H3,(H,26,28). The molecule has 31 heavy (non-hydrogen) atoms. The first-order valence-electron chi connectivity index (χ1n) is 10.8. The van der Waals surface area contributed by atoms with E-state index in [1.54, 1.807) is 0 Å². The van der Waals surface area contributed by atoms with Gasteiger partial charge in [-0.1, -0.05) is 61.2 Å². The highest BCUT2D eigenvalue weighted by molar-refractivity contribution is 7.90. The van der Waals surface area contributed by atoms with Crippen molar-refractivity contribution in [3.63, 3.8) is 0 Å². The molecular weight excluding hydrogens is 432 g/mol. The number of amides is 1. The molecule has 1 saturated carbocycles. The molecule has 7 heteroatoms. The summed E-state index contributed by atoms with van der Waals surface area (Å²) < 4.78 is 28.5. The summed E-state index contributed by atoms with van der Waals surface area (Å²) in [5.74, 6) is -0.643. The van der Waals surface area contributed by atoms with Gasteiger partial charge < -0.3 is 4.57 Å². The van der Waals surface area contributed by atoms with Crippen LogP contribution < -0.4 is 4.72 Å². The first-order chi connectivity index (χ1) is 14.9. The van der Waals surface area contributed by atoms with Crippen molar-refractivity contribution in [2.45, 2.75) is 51.5 Å². The molecule has 0 saturated heterocycles. The molecule has 1 fully saturated rings. The highest BCUT2D eigenvalue weighted by Gasteiger charge is 2.26. The van der Waals surface area contributed by atoms with Crippen molar-refractivity contribution in [2.24, 2.45) is 0 Å². The summed E-state index contributed by atoms with van der Waals surface area (Å²) in [5, 5.41) is 1.64. The van der Waals surface area contributed by atoms with E-state index in [4.69, 9.17) is 11.6 Å². The van der Waals surface area contributed by atoms with Crippen molar-refractivity contribution in [1.82, 2.24) is 9.29 Å². The zero-order chi connectivity index (χ0) is 22.0. The summed E-state index contributed by atoms with van der Waals surface area (Å²) in [5.41, 5.74) is 3.90. The van der Waals surface area contributed by atoms with Crippen LogP contribution in [-0.2, 0) is 21.2 Å². The van der Waals surface area contributed by atoms with E-state index in [0.29, 0.717) is 11.1 Å². The summed E-state index contributed by atoms with van der Waals surface area (Å²) in [6, 6.07) is 16.1. The Morgan fingerprint density at radius 1 is 1.06 bits per heavy atom. The molecule has 5 nitrogen and oxygen atoms in total. The quantitative estimate of drug-likeness (QED) is 0.532. The third kappa shape index (κ3) is 4.65. The second-order valence-corrected chi connectivity index (χ2v) is 10.6. The van der Waals surface area contributed by atoms with E-state index in [1.807, 2.05) is 42.5 Å². The Kier molecular flexibility index (Phi) is 6.39. The Hall–Kier alpha value is -2.31. The first-order valence-corrected chi connectivity index (χ1v) is 12.8. The molecule has 4 rings (SSSR count). The molecular formula is C24H27ClN2O3S. The monoisotopic (exact) mass is 458 g/mol. The van der Waals surface area contributed by atoms with Crippen LogP contribution in [0, 0.1) is 0 Å². The highest BCUT2D eigenvalue weighted by Crippen LogP contribution is 2.41. The fourth-order valence-electron chi connectivity index (χ4n) is 4.59. The van der Waals surface area contributed by atoms with Gasteiger partial charge in [-0.05, 0) is 49.1 Å². The van der Waals surface area contributed by atoms with Crippen molar-refractivity contribution in [3.8, 4) is 11.3 Å². The van der Waals surface area contributed by atoms with Crippen LogP contribution in [0.5, 0.6) is 0 Å². The summed E-state index contributed by atoms with van der Waals surface area (Å²) >= 11 is 6.14. The Balaban J connectivity index is 1.90. The number of nitrogens with one attached hydrogen (secondary N) is 1. The van der Waals surface area contributed by atoms with Gasteiger partial charge in [-0.3, -0.25) is 9.52 Å². The van der Waals surface area contributed by atoms with Gasteiger partial charge in [-0.25, -0.2) is 8.42 Å². The van der Waals surface area contributed by atoms with Crippen LogP contribution in [0.1, 0.15) is 50.6 Å². The molecule has 0 bridgehead atoms. The van der Waals surface area contributed by atoms with E-state index in [0.717, 1.165) is 40.6 Å². The molecule has 2 aromatic carbocycles. The number of carbonyl (C=O) groups is 1. The van der Waals surface area contributed by atoms with E-state index >= 15 is 0 Å². The number of rotatable bonds is 6. The molecule has 0 aliphatic heterocycles. The largest absolute Gasteiger partial charge is 0.337 e. The number of hydrogen-bond acceptors (Lipinski definition) is 3. The number of benzene rings is 2. The van der Waals surface area contributed by atoms with E-state index in [9.17, 15) is 13.2 Å². The Bertz CT molecular complexity index is 1190. The van der Waals surface area contributed by atoms with Gasteiger partial charge in [-0.15, -0.1) is 0 Å². The molecule has 164 valence electrons. The molecule has 1 amide bonds. The topological polar surface area (TPSA) is 68.2 Å². The average molecular weight is 459 g/mol. The molecule has 0 spiro atoms. The second-order valence-electron chi connectivity index (χ2n) is 8.12. The lowest BCUT2D eigenvalue weighted by molar-refractivity contribution is -0.118. The van der Waals surface area contributed by atoms with Gasteiger partial charge in [0.25, 0.3) is 0 Å². The van der Waals surface area contributed by atoms with Crippen molar-refractivity contribution >= 4 is 38.4 Å². The predicted molar refractivity (Wildman–Crippen MR) is 126 cm³/mol. The van der Waals surface area contributed by atoms with E-state index in [2.05, 4.69) is 15.4 Å². The molecule has 3 aromatic rings. The SMILES string of the molecule is CCS(=O)(=O)NC(=O)Cc1c(-c2ccc(Cl)cc2)n(C2CCCCC2)c2ccccc12. The minimum absolute atomic E-state index is 0.00256. The molecule has 1 aliphatic rings. The summed E-state index contributed by atoms with van der Waals surface area (Å²) in [7, 11) is -3.61. The third-order valence-electron chi connectivity index (χ3n) is 6.06. The van der Waals surface area contributed by atoms with E-state index < -0.39 is 15.9 Å². The number of fused-ring (bicyclic) bond motifs is 1. The molecule has 0 atom stereocenters. The summed E-state index contributed by atoms with van der Waals surface area (Å²) in [6.07, 6.45) is 5.79. The fourth-order valence-corrected chi connectivity index (χ4v) is 5.28. The van der Waals surface area contributed by atoms with Crippen LogP contribution >= 0.6 is 11.6 Å². The number of sulfonamides is 1. The molecule has 0 radical (unpaired) electrons. The van der Waals surface area contributed by atoms with Gasteiger partial charge in [0.2, 0.25) is 15.9 Å². The summed E-state index contributed by atoms with van der Waals surface area (Å²) in [4.78, 5) is 12.7. The minimum atomic E-state index is -3.61. The molecule has 1 aliphatic carbocycles. The maximum absolute atomic E-state index is 12.7. The summed E-state index contributed by atoms with van der Waals surface area (Å²) in [6.45, 7) is 1.52. The number of aromatic nitrogens is 1. The fraction of sp³-hybridized carbons (Fsp3) is 0.375. The van der Waals surface area contributed by atoms with Gasteiger partial charge in [0.15, 0.2) is 0 Å². The van der Waals surface area contributed by atoms with Gasteiger partial charge in [0, 0.05) is 22.0 Å². The normalized spacial score (nSPS) is 15.3. The highest BCUT2D eigenvalue weighted by atomic mass is 35.5. The maximum atomic E-state index is 12.7. The molecule has 1 N–H and O–H groups in total. The lowest BCUT2D eigenvalue weighted by Crippen LogP contribution is -2.33. The Morgan fingerprint density at radius 2 is 1.74 bits per heavy atom. The molecule has 1 aromatic heterocycles. The van der Waals surface area contributed by atoms with E-state index in [1.165, 1.54) is 26.2 Å². The zero-order valence-electron chi connectivity index (χ0n) is 17.6. The zero-order valence-corrected chi connectivity index (χ0v) is 19.2. The lowest BCUT2D eigenvalue weighted by Gasteiger charge is -2.27. The van der Waals surface area contributed by atoms with Crippen LogP contribution in [-0.4, -0.2) is 24.6 Å². The number of carbonyl (C=O) groups excluding carboxylic acids is 1. The van der Waals surface area contributed by atoms with Gasteiger partial charge in [0.1, 0.15) is 0 Å². The van der Waals surface area contributed by atoms with Gasteiger partial charge in [-0.2, -0.15) is 0 Å². The van der Waals surface area contributed by atoms with Crippen LogP contribution in [0.25, 0.3) is 22.2 Å². The number of hydrogen-bond donors (Lipinski definition) is 1. The number of nitrogens with zero attached hydrogens (tertiary/aromatic N) is 1. The number of para-hydroxylation sites is 1. The van der Waals surface area contributed by atoms with Gasteiger partial charge >= 0.3 is 0 Å².